The van der Waals surface area contributed by atoms with E-state index in [2.05, 4.69) is 0 Å². The Hall–Kier alpha value is -1.05. The van der Waals surface area contributed by atoms with Gasteiger partial charge in [-0.25, -0.2) is 4.39 Å². The van der Waals surface area contributed by atoms with Crippen molar-refractivity contribution in [3.05, 3.63) is 70.5 Å². The molecule has 0 bridgehead atoms. The van der Waals surface area contributed by atoms with Gasteiger partial charge in [0.25, 0.3) is 0 Å². The molecule has 0 aliphatic carbocycles. The molecular weight excluding hydrogens is 282 g/mol. The summed E-state index contributed by atoms with van der Waals surface area (Å²) in [6.07, 6.45) is 1.65. The van der Waals surface area contributed by atoms with E-state index >= 15 is 0 Å². The monoisotopic (exact) mass is 296 g/mol. The van der Waals surface area contributed by atoms with Crippen LogP contribution in [0.1, 0.15) is 11.1 Å². The highest BCUT2D eigenvalue weighted by Gasteiger charge is 2.10. The van der Waals surface area contributed by atoms with E-state index in [-0.39, 0.29) is 5.82 Å². The van der Waals surface area contributed by atoms with Crippen LogP contribution < -0.4 is 0 Å². The fourth-order valence-electron chi connectivity index (χ4n) is 2.13. The Labute approximate surface area is 123 Å². The van der Waals surface area contributed by atoms with Crippen LogP contribution in [0.4, 0.5) is 4.39 Å². The van der Waals surface area contributed by atoms with Crippen molar-refractivity contribution in [2.24, 2.45) is 5.92 Å². The predicted molar refractivity (Wildman–Crippen MR) is 79.5 cm³/mol. The van der Waals surface area contributed by atoms with Crippen LogP contribution in [-0.2, 0) is 12.8 Å². The average Bonchev–Trinajstić information content (AvgIpc) is 2.40. The van der Waals surface area contributed by atoms with Crippen molar-refractivity contribution in [1.82, 2.24) is 0 Å². The standard InChI is InChI=1S/C16H15Cl2F/c17-11-14(8-12-4-6-15(18)7-5-12)9-13-2-1-3-16(19)10-13/h1-7,10,14H,8-9,11H2. The van der Waals surface area contributed by atoms with Gasteiger partial charge in [-0.15, -0.1) is 11.6 Å². The molecule has 0 aliphatic heterocycles. The van der Waals surface area contributed by atoms with E-state index in [1.165, 1.54) is 11.6 Å². The van der Waals surface area contributed by atoms with Crippen molar-refractivity contribution in [2.75, 3.05) is 5.88 Å². The summed E-state index contributed by atoms with van der Waals surface area (Å²) in [4.78, 5) is 0. The first kappa shape index (κ1) is 14.4. The molecule has 0 radical (unpaired) electrons. The van der Waals surface area contributed by atoms with Crippen molar-refractivity contribution >= 4 is 23.2 Å². The zero-order valence-electron chi connectivity index (χ0n) is 10.5. The summed E-state index contributed by atoms with van der Waals surface area (Å²) >= 11 is 11.9. The minimum atomic E-state index is -0.197. The van der Waals surface area contributed by atoms with Gasteiger partial charge in [0.1, 0.15) is 5.82 Å². The molecule has 1 unspecified atom stereocenters. The molecular formula is C16H15Cl2F. The van der Waals surface area contributed by atoms with Crippen LogP contribution in [0.15, 0.2) is 48.5 Å². The van der Waals surface area contributed by atoms with Gasteiger partial charge >= 0.3 is 0 Å². The maximum absolute atomic E-state index is 13.1. The van der Waals surface area contributed by atoms with Crippen LogP contribution in [-0.4, -0.2) is 5.88 Å². The van der Waals surface area contributed by atoms with E-state index in [1.54, 1.807) is 12.1 Å². The molecule has 2 aromatic carbocycles. The lowest BCUT2D eigenvalue weighted by Crippen LogP contribution is -2.10. The molecule has 0 spiro atoms. The first-order valence-corrected chi connectivity index (χ1v) is 7.13. The lowest BCUT2D eigenvalue weighted by Gasteiger charge is -2.14. The lowest BCUT2D eigenvalue weighted by atomic mass is 9.94. The van der Waals surface area contributed by atoms with E-state index in [1.807, 2.05) is 30.3 Å². The van der Waals surface area contributed by atoms with Crippen molar-refractivity contribution in [3.8, 4) is 0 Å². The molecule has 0 nitrogen and oxygen atoms in total. The smallest absolute Gasteiger partial charge is 0.123 e. The van der Waals surface area contributed by atoms with Gasteiger partial charge in [0.05, 0.1) is 0 Å². The van der Waals surface area contributed by atoms with Crippen molar-refractivity contribution in [2.45, 2.75) is 12.8 Å². The van der Waals surface area contributed by atoms with Gasteiger partial charge < -0.3 is 0 Å². The van der Waals surface area contributed by atoms with E-state index in [9.17, 15) is 4.39 Å². The molecule has 0 saturated heterocycles. The van der Waals surface area contributed by atoms with Gasteiger partial charge in [-0.1, -0.05) is 35.9 Å². The molecule has 19 heavy (non-hydrogen) atoms. The Kier molecular flexibility index (Phi) is 5.24. The largest absolute Gasteiger partial charge is 0.207 e. The van der Waals surface area contributed by atoms with Crippen LogP contribution in [0.3, 0.4) is 0 Å². The number of rotatable bonds is 5. The molecule has 0 aliphatic rings. The zero-order chi connectivity index (χ0) is 13.7. The molecule has 0 fully saturated rings. The quantitative estimate of drug-likeness (QED) is 0.672. The minimum Gasteiger partial charge on any atom is -0.207 e. The molecule has 0 amide bonds. The summed E-state index contributed by atoms with van der Waals surface area (Å²) in [6, 6.07) is 14.5. The summed E-state index contributed by atoms with van der Waals surface area (Å²) in [6.45, 7) is 0. The molecule has 1 atom stereocenters. The van der Waals surface area contributed by atoms with E-state index < -0.39 is 0 Å². The maximum Gasteiger partial charge on any atom is 0.123 e. The fraction of sp³-hybridized carbons (Fsp3) is 0.250. The number of halogens is 3. The van der Waals surface area contributed by atoms with Gasteiger partial charge in [0, 0.05) is 10.9 Å². The molecule has 2 rings (SSSR count). The van der Waals surface area contributed by atoms with Crippen LogP contribution in [0.2, 0.25) is 5.02 Å². The van der Waals surface area contributed by atoms with Crippen LogP contribution in [0, 0.1) is 11.7 Å². The minimum absolute atomic E-state index is 0.197. The normalized spacial score (nSPS) is 12.4. The lowest BCUT2D eigenvalue weighted by molar-refractivity contribution is 0.576. The number of alkyl halides is 1. The van der Waals surface area contributed by atoms with Crippen LogP contribution in [0.25, 0.3) is 0 Å². The molecule has 0 aromatic heterocycles. The second kappa shape index (κ2) is 6.93. The van der Waals surface area contributed by atoms with Gasteiger partial charge in [-0.2, -0.15) is 0 Å². The third-order valence-corrected chi connectivity index (χ3v) is 3.76. The third kappa shape index (κ3) is 4.52. The average molecular weight is 297 g/mol. The van der Waals surface area contributed by atoms with Crippen LogP contribution >= 0.6 is 23.2 Å². The molecule has 100 valence electrons. The zero-order valence-corrected chi connectivity index (χ0v) is 12.0. The Balaban J connectivity index is 2.02. The second-order valence-corrected chi connectivity index (χ2v) is 5.43. The highest BCUT2D eigenvalue weighted by atomic mass is 35.5. The SMILES string of the molecule is Fc1cccc(CC(CCl)Cc2ccc(Cl)cc2)c1. The van der Waals surface area contributed by atoms with Crippen molar-refractivity contribution in [3.63, 3.8) is 0 Å². The van der Waals surface area contributed by atoms with Crippen molar-refractivity contribution in [1.29, 1.82) is 0 Å². The summed E-state index contributed by atoms with van der Waals surface area (Å²) in [5.41, 5.74) is 2.19. The predicted octanol–water partition coefficient (Wildman–Crippen LogP) is 5.12. The van der Waals surface area contributed by atoms with E-state index in [4.69, 9.17) is 23.2 Å². The van der Waals surface area contributed by atoms with Gasteiger partial charge in [-0.05, 0) is 54.2 Å². The Bertz CT molecular complexity index is 523. The molecule has 0 N–H and O–H groups in total. The van der Waals surface area contributed by atoms with Crippen LogP contribution in [0.5, 0.6) is 0 Å². The second-order valence-electron chi connectivity index (χ2n) is 4.68. The number of hydrogen-bond donors (Lipinski definition) is 0. The Morgan fingerprint density at radius 2 is 1.63 bits per heavy atom. The summed E-state index contributed by atoms with van der Waals surface area (Å²) in [5.74, 6) is 0.654. The number of benzene rings is 2. The Morgan fingerprint density at radius 1 is 0.947 bits per heavy atom. The fourth-order valence-corrected chi connectivity index (χ4v) is 2.48. The highest BCUT2D eigenvalue weighted by Crippen LogP contribution is 2.18. The van der Waals surface area contributed by atoms with E-state index in [0.717, 1.165) is 23.4 Å². The first-order valence-electron chi connectivity index (χ1n) is 6.22. The molecule has 3 heteroatoms. The van der Waals surface area contributed by atoms with E-state index in [0.29, 0.717) is 11.8 Å². The highest BCUT2D eigenvalue weighted by molar-refractivity contribution is 6.30. The summed E-state index contributed by atoms with van der Waals surface area (Å²) in [7, 11) is 0. The summed E-state index contributed by atoms with van der Waals surface area (Å²) < 4.78 is 13.1. The third-order valence-electron chi connectivity index (χ3n) is 3.07. The first-order chi connectivity index (χ1) is 9.17. The Morgan fingerprint density at radius 3 is 2.26 bits per heavy atom. The van der Waals surface area contributed by atoms with Crippen molar-refractivity contribution < 1.29 is 4.39 Å². The maximum atomic E-state index is 13.1. The topological polar surface area (TPSA) is 0 Å². The molecule has 0 heterocycles. The van der Waals surface area contributed by atoms with Gasteiger partial charge in [-0.3, -0.25) is 0 Å². The number of hydrogen-bond acceptors (Lipinski definition) is 0. The molecule has 0 saturated carbocycles. The van der Waals surface area contributed by atoms with Gasteiger partial charge in [0.2, 0.25) is 0 Å². The summed E-state index contributed by atoms with van der Waals surface area (Å²) in [5, 5.41) is 0.733. The van der Waals surface area contributed by atoms with Gasteiger partial charge in [0.15, 0.2) is 0 Å². The molecule has 2 aromatic rings.